The van der Waals surface area contributed by atoms with Crippen LogP contribution >= 0.6 is 0 Å². The van der Waals surface area contributed by atoms with Crippen molar-refractivity contribution in [2.24, 2.45) is 0 Å². The van der Waals surface area contributed by atoms with Crippen molar-refractivity contribution in [3.63, 3.8) is 0 Å². The van der Waals surface area contributed by atoms with Gasteiger partial charge in [0.05, 0.1) is 7.11 Å². The highest BCUT2D eigenvalue weighted by atomic mass is 16.5. The largest absolute Gasteiger partial charge is 0.493 e. The van der Waals surface area contributed by atoms with Gasteiger partial charge < -0.3 is 24.8 Å². The zero-order chi connectivity index (χ0) is 21.9. The summed E-state index contributed by atoms with van der Waals surface area (Å²) in [7, 11) is 1.65. The predicted molar refractivity (Wildman–Crippen MR) is 126 cm³/mol. The van der Waals surface area contributed by atoms with Gasteiger partial charge in [0.1, 0.15) is 12.7 Å². The molecule has 0 spiro atoms. The van der Waals surface area contributed by atoms with Crippen LogP contribution in [0, 0.1) is 6.92 Å². The van der Waals surface area contributed by atoms with Crippen LogP contribution in [0.3, 0.4) is 0 Å². The zero-order valence-corrected chi connectivity index (χ0v) is 19.1. The molecular formula is C26H38N2O3. The number of nitrogens with zero attached hydrogens (tertiary/aromatic N) is 1. The summed E-state index contributed by atoms with van der Waals surface area (Å²) in [6, 6.07) is 14.5. The van der Waals surface area contributed by atoms with E-state index in [1.165, 1.54) is 43.2 Å². The lowest BCUT2D eigenvalue weighted by atomic mass is 10.1. The SMILES string of the molecule is COc1ccc(CNCc2cccc(C)c2)cc1OC[C@H](O)CN1CCCCCCC1. The highest BCUT2D eigenvalue weighted by Crippen LogP contribution is 2.28. The van der Waals surface area contributed by atoms with Gasteiger partial charge in [0.2, 0.25) is 0 Å². The molecule has 0 saturated carbocycles. The minimum absolute atomic E-state index is 0.271. The topological polar surface area (TPSA) is 54.0 Å². The lowest BCUT2D eigenvalue weighted by Crippen LogP contribution is -2.37. The molecule has 0 radical (unpaired) electrons. The van der Waals surface area contributed by atoms with Crippen molar-refractivity contribution in [2.75, 3.05) is 33.4 Å². The van der Waals surface area contributed by atoms with E-state index in [0.717, 1.165) is 31.7 Å². The first kappa shape index (κ1) is 23.6. The predicted octanol–water partition coefficient (Wildman–Crippen LogP) is 4.30. The molecule has 1 atom stereocenters. The third kappa shape index (κ3) is 8.17. The van der Waals surface area contributed by atoms with Crippen LogP contribution in [0.1, 0.15) is 48.8 Å². The van der Waals surface area contributed by atoms with Crippen molar-refractivity contribution < 1.29 is 14.6 Å². The Morgan fingerprint density at radius 1 is 0.935 bits per heavy atom. The maximum absolute atomic E-state index is 10.5. The summed E-state index contributed by atoms with van der Waals surface area (Å²) in [6.45, 7) is 6.75. The van der Waals surface area contributed by atoms with Gasteiger partial charge in [-0.3, -0.25) is 0 Å². The van der Waals surface area contributed by atoms with E-state index in [9.17, 15) is 5.11 Å². The second-order valence-corrected chi connectivity index (χ2v) is 8.61. The van der Waals surface area contributed by atoms with Crippen LogP contribution in [-0.4, -0.2) is 49.5 Å². The van der Waals surface area contributed by atoms with E-state index in [1.54, 1.807) is 7.11 Å². The maximum Gasteiger partial charge on any atom is 0.161 e. The van der Waals surface area contributed by atoms with E-state index < -0.39 is 6.10 Å². The molecule has 5 nitrogen and oxygen atoms in total. The standard InChI is InChI=1S/C26H38N2O3/c1-21-9-8-10-22(15-21)17-27-18-23-11-12-25(30-2)26(16-23)31-20-24(29)19-28-13-6-4-3-5-7-14-28/h8-12,15-16,24,27,29H,3-7,13-14,17-20H2,1-2H3/t24-/m1/s1. The molecule has 1 heterocycles. The average molecular weight is 427 g/mol. The Kier molecular flexibility index (Phi) is 9.66. The molecule has 0 amide bonds. The van der Waals surface area contributed by atoms with Crippen LogP contribution in [0.15, 0.2) is 42.5 Å². The fourth-order valence-corrected chi connectivity index (χ4v) is 4.15. The fraction of sp³-hybridized carbons (Fsp3) is 0.538. The van der Waals surface area contributed by atoms with Crippen LogP contribution in [0.2, 0.25) is 0 Å². The van der Waals surface area contributed by atoms with Crippen LogP contribution in [0.25, 0.3) is 0 Å². The normalized spacial score (nSPS) is 16.4. The summed E-state index contributed by atoms with van der Waals surface area (Å²) in [5.74, 6) is 1.38. The van der Waals surface area contributed by atoms with Gasteiger partial charge in [-0.1, -0.05) is 55.2 Å². The number of ether oxygens (including phenoxy) is 2. The molecule has 2 aromatic rings. The van der Waals surface area contributed by atoms with Gasteiger partial charge in [0, 0.05) is 19.6 Å². The average Bonchev–Trinajstić information content (AvgIpc) is 2.74. The first-order valence-corrected chi connectivity index (χ1v) is 11.6. The number of hydrogen-bond donors (Lipinski definition) is 2. The van der Waals surface area contributed by atoms with Crippen molar-refractivity contribution in [1.82, 2.24) is 10.2 Å². The zero-order valence-electron chi connectivity index (χ0n) is 19.1. The van der Waals surface area contributed by atoms with E-state index in [4.69, 9.17) is 9.47 Å². The third-order valence-electron chi connectivity index (χ3n) is 5.82. The van der Waals surface area contributed by atoms with Gasteiger partial charge in [-0.25, -0.2) is 0 Å². The number of aliphatic hydroxyl groups is 1. The van der Waals surface area contributed by atoms with Crippen LogP contribution < -0.4 is 14.8 Å². The van der Waals surface area contributed by atoms with Crippen molar-refractivity contribution in [3.05, 3.63) is 59.2 Å². The summed E-state index contributed by atoms with van der Waals surface area (Å²) in [6.07, 6.45) is 5.87. The molecule has 1 fully saturated rings. The van der Waals surface area contributed by atoms with Gasteiger partial charge in [-0.15, -0.1) is 0 Å². The molecule has 5 heteroatoms. The van der Waals surface area contributed by atoms with Crippen LogP contribution in [0.5, 0.6) is 11.5 Å². The molecule has 1 aliphatic rings. The Balaban J connectivity index is 1.49. The molecule has 170 valence electrons. The molecule has 0 unspecified atom stereocenters. The molecule has 2 N–H and O–H groups in total. The molecule has 0 bridgehead atoms. The monoisotopic (exact) mass is 426 g/mol. The Bertz CT molecular complexity index is 788. The molecule has 3 rings (SSSR count). The number of nitrogens with one attached hydrogen (secondary N) is 1. The Labute approximate surface area is 187 Å². The van der Waals surface area contributed by atoms with Gasteiger partial charge in [0.25, 0.3) is 0 Å². The number of hydrogen-bond acceptors (Lipinski definition) is 5. The number of likely N-dealkylation sites (tertiary alicyclic amines) is 1. The van der Waals surface area contributed by atoms with E-state index >= 15 is 0 Å². The van der Waals surface area contributed by atoms with Gasteiger partial charge in [0.15, 0.2) is 11.5 Å². The number of aliphatic hydroxyl groups excluding tert-OH is 1. The lowest BCUT2D eigenvalue weighted by molar-refractivity contribution is 0.0644. The van der Waals surface area contributed by atoms with Gasteiger partial charge in [-0.2, -0.15) is 0 Å². The van der Waals surface area contributed by atoms with Gasteiger partial charge >= 0.3 is 0 Å². The molecule has 2 aromatic carbocycles. The molecule has 1 saturated heterocycles. The first-order chi connectivity index (χ1) is 15.1. The minimum Gasteiger partial charge on any atom is -0.493 e. The first-order valence-electron chi connectivity index (χ1n) is 11.6. The highest BCUT2D eigenvalue weighted by molar-refractivity contribution is 5.43. The molecule has 0 aliphatic carbocycles. The van der Waals surface area contributed by atoms with Crippen molar-refractivity contribution in [3.8, 4) is 11.5 Å². The second-order valence-electron chi connectivity index (χ2n) is 8.61. The van der Waals surface area contributed by atoms with Gasteiger partial charge in [-0.05, 0) is 56.1 Å². The molecule has 0 aromatic heterocycles. The second kappa shape index (κ2) is 12.7. The van der Waals surface area contributed by atoms with Crippen LogP contribution in [-0.2, 0) is 13.1 Å². The fourth-order valence-electron chi connectivity index (χ4n) is 4.15. The molecule has 1 aliphatic heterocycles. The number of β-amino-alcohol motifs (C(OH)–C–C–N with tert-alkyl or cyclic N) is 1. The molecule has 31 heavy (non-hydrogen) atoms. The van der Waals surface area contributed by atoms with E-state index in [2.05, 4.69) is 41.4 Å². The minimum atomic E-state index is -0.507. The molecular weight excluding hydrogens is 388 g/mol. The maximum atomic E-state index is 10.5. The number of benzene rings is 2. The van der Waals surface area contributed by atoms with E-state index in [0.29, 0.717) is 18.0 Å². The highest BCUT2D eigenvalue weighted by Gasteiger charge is 2.15. The van der Waals surface area contributed by atoms with Crippen LogP contribution in [0.4, 0.5) is 0 Å². The van der Waals surface area contributed by atoms with E-state index in [-0.39, 0.29) is 6.61 Å². The number of aryl methyl sites for hydroxylation is 1. The smallest absolute Gasteiger partial charge is 0.161 e. The number of methoxy groups -OCH3 is 1. The summed E-state index contributed by atoms with van der Waals surface area (Å²) in [5.41, 5.74) is 3.67. The Morgan fingerprint density at radius 3 is 2.35 bits per heavy atom. The summed E-state index contributed by atoms with van der Waals surface area (Å²) in [5, 5.41) is 14.0. The summed E-state index contributed by atoms with van der Waals surface area (Å²) >= 11 is 0. The van der Waals surface area contributed by atoms with Crippen molar-refractivity contribution in [2.45, 2.75) is 58.2 Å². The summed E-state index contributed by atoms with van der Waals surface area (Å²) in [4.78, 5) is 2.37. The third-order valence-corrected chi connectivity index (χ3v) is 5.82. The van der Waals surface area contributed by atoms with Crippen molar-refractivity contribution in [1.29, 1.82) is 0 Å². The summed E-state index contributed by atoms with van der Waals surface area (Å²) < 4.78 is 11.4. The quantitative estimate of drug-likeness (QED) is 0.593. The lowest BCUT2D eigenvalue weighted by Gasteiger charge is -2.26. The van der Waals surface area contributed by atoms with E-state index in [1.807, 2.05) is 18.2 Å². The van der Waals surface area contributed by atoms with Crippen molar-refractivity contribution >= 4 is 0 Å². The number of rotatable bonds is 10. The Morgan fingerprint density at radius 2 is 1.65 bits per heavy atom. The Hall–Kier alpha value is -2.08.